The van der Waals surface area contributed by atoms with Crippen LogP contribution in [0.5, 0.6) is 5.75 Å². The van der Waals surface area contributed by atoms with Crippen molar-refractivity contribution >= 4 is 5.69 Å². The van der Waals surface area contributed by atoms with Crippen molar-refractivity contribution in [1.29, 1.82) is 0 Å². The Kier molecular flexibility index (Phi) is 4.22. The normalized spacial score (nSPS) is 12.4. The number of aliphatic hydroxyl groups is 1. The van der Waals surface area contributed by atoms with Crippen molar-refractivity contribution in [2.75, 3.05) is 26.1 Å². The average molecular weight is 197 g/mol. The predicted molar refractivity (Wildman–Crippen MR) is 54.2 cm³/mol. The van der Waals surface area contributed by atoms with Gasteiger partial charge in [0.1, 0.15) is 18.5 Å². The summed E-state index contributed by atoms with van der Waals surface area (Å²) >= 11 is 0. The number of nitrogens with two attached hydrogens (primary N) is 1. The Morgan fingerprint density at radius 2 is 1.93 bits per heavy atom. The van der Waals surface area contributed by atoms with E-state index in [4.69, 9.17) is 15.2 Å². The van der Waals surface area contributed by atoms with E-state index in [2.05, 4.69) is 0 Å². The van der Waals surface area contributed by atoms with Crippen molar-refractivity contribution in [1.82, 2.24) is 0 Å². The van der Waals surface area contributed by atoms with E-state index in [9.17, 15) is 5.11 Å². The van der Waals surface area contributed by atoms with E-state index in [0.29, 0.717) is 11.4 Å². The Balaban J connectivity index is 2.34. The second-order valence-corrected chi connectivity index (χ2v) is 2.99. The number of ether oxygens (including phenoxy) is 2. The van der Waals surface area contributed by atoms with Crippen LogP contribution in [0.25, 0.3) is 0 Å². The highest BCUT2D eigenvalue weighted by Gasteiger charge is 2.03. The number of hydrogen-bond donors (Lipinski definition) is 2. The molecule has 0 amide bonds. The van der Waals surface area contributed by atoms with Gasteiger partial charge in [-0.3, -0.25) is 0 Å². The van der Waals surface area contributed by atoms with Crippen LogP contribution in [0.4, 0.5) is 5.69 Å². The first-order chi connectivity index (χ1) is 6.72. The Morgan fingerprint density at radius 1 is 1.29 bits per heavy atom. The third kappa shape index (κ3) is 3.64. The molecule has 1 aromatic rings. The summed E-state index contributed by atoms with van der Waals surface area (Å²) in [6.45, 7) is 0.493. The average Bonchev–Trinajstić information content (AvgIpc) is 2.17. The fraction of sp³-hybridized carbons (Fsp3) is 0.400. The van der Waals surface area contributed by atoms with Gasteiger partial charge in [-0.15, -0.1) is 0 Å². The minimum absolute atomic E-state index is 0.220. The maximum Gasteiger partial charge on any atom is 0.119 e. The van der Waals surface area contributed by atoms with Crippen molar-refractivity contribution in [3.63, 3.8) is 0 Å². The molecule has 0 radical (unpaired) electrons. The first-order valence-corrected chi connectivity index (χ1v) is 4.37. The topological polar surface area (TPSA) is 64.7 Å². The van der Waals surface area contributed by atoms with E-state index in [-0.39, 0.29) is 13.2 Å². The molecule has 0 fully saturated rings. The van der Waals surface area contributed by atoms with Gasteiger partial charge in [0.25, 0.3) is 0 Å². The fourth-order valence-electron chi connectivity index (χ4n) is 0.997. The maximum atomic E-state index is 9.29. The highest BCUT2D eigenvalue weighted by molar-refractivity contribution is 5.41. The summed E-state index contributed by atoms with van der Waals surface area (Å²) in [6, 6.07) is 7.01. The Labute approximate surface area is 83.3 Å². The highest BCUT2D eigenvalue weighted by atomic mass is 16.5. The van der Waals surface area contributed by atoms with Crippen LogP contribution in [0.15, 0.2) is 24.3 Å². The standard InChI is InChI=1S/C10H15NO3/c1-13-6-9(12)7-14-10-4-2-8(11)3-5-10/h2-5,9,12H,6-7,11H2,1H3. The highest BCUT2D eigenvalue weighted by Crippen LogP contribution is 2.13. The summed E-state index contributed by atoms with van der Waals surface area (Å²) in [5.74, 6) is 0.689. The van der Waals surface area contributed by atoms with E-state index >= 15 is 0 Å². The predicted octanol–water partition coefficient (Wildman–Crippen LogP) is 0.655. The number of benzene rings is 1. The largest absolute Gasteiger partial charge is 0.491 e. The molecule has 14 heavy (non-hydrogen) atoms. The number of aliphatic hydroxyl groups excluding tert-OH is 1. The molecule has 1 unspecified atom stereocenters. The van der Waals surface area contributed by atoms with Crippen molar-refractivity contribution in [2.24, 2.45) is 0 Å². The minimum atomic E-state index is -0.599. The smallest absolute Gasteiger partial charge is 0.119 e. The molecule has 0 saturated heterocycles. The first kappa shape index (κ1) is 10.8. The number of anilines is 1. The van der Waals surface area contributed by atoms with Crippen molar-refractivity contribution < 1.29 is 14.6 Å². The summed E-state index contributed by atoms with van der Waals surface area (Å²) in [4.78, 5) is 0. The van der Waals surface area contributed by atoms with Gasteiger partial charge in [0.05, 0.1) is 6.61 Å². The van der Waals surface area contributed by atoms with E-state index in [1.54, 1.807) is 24.3 Å². The molecule has 0 saturated carbocycles. The summed E-state index contributed by atoms with van der Waals surface area (Å²) in [6.07, 6.45) is -0.599. The molecule has 4 nitrogen and oxygen atoms in total. The molecular formula is C10H15NO3. The van der Waals surface area contributed by atoms with Crippen LogP contribution in [-0.2, 0) is 4.74 Å². The molecule has 0 aliphatic heterocycles. The third-order valence-corrected chi connectivity index (χ3v) is 1.68. The van der Waals surface area contributed by atoms with Crippen LogP contribution in [0, 0.1) is 0 Å². The Bertz CT molecular complexity index is 261. The van der Waals surface area contributed by atoms with Crippen LogP contribution in [-0.4, -0.2) is 31.5 Å². The van der Waals surface area contributed by atoms with Gasteiger partial charge in [0, 0.05) is 12.8 Å². The molecule has 0 spiro atoms. The lowest BCUT2D eigenvalue weighted by Gasteiger charge is -2.11. The van der Waals surface area contributed by atoms with Crippen molar-refractivity contribution in [3.8, 4) is 5.75 Å². The number of methoxy groups -OCH3 is 1. The third-order valence-electron chi connectivity index (χ3n) is 1.68. The van der Waals surface area contributed by atoms with Crippen molar-refractivity contribution in [2.45, 2.75) is 6.10 Å². The lowest BCUT2D eigenvalue weighted by molar-refractivity contribution is 0.0325. The number of rotatable bonds is 5. The lowest BCUT2D eigenvalue weighted by atomic mass is 10.3. The second-order valence-electron chi connectivity index (χ2n) is 2.99. The first-order valence-electron chi connectivity index (χ1n) is 4.37. The van der Waals surface area contributed by atoms with Gasteiger partial charge in [-0.25, -0.2) is 0 Å². The molecule has 1 aromatic carbocycles. The summed E-state index contributed by atoms with van der Waals surface area (Å²) in [7, 11) is 1.53. The second kappa shape index (κ2) is 5.47. The Hall–Kier alpha value is -1.26. The van der Waals surface area contributed by atoms with Gasteiger partial charge < -0.3 is 20.3 Å². The van der Waals surface area contributed by atoms with Gasteiger partial charge in [0.2, 0.25) is 0 Å². The van der Waals surface area contributed by atoms with E-state index < -0.39 is 6.10 Å². The minimum Gasteiger partial charge on any atom is -0.491 e. The molecule has 1 rings (SSSR count). The lowest BCUT2D eigenvalue weighted by Crippen LogP contribution is -2.22. The zero-order valence-corrected chi connectivity index (χ0v) is 8.14. The van der Waals surface area contributed by atoms with Crippen LogP contribution in [0.1, 0.15) is 0 Å². The molecule has 1 atom stereocenters. The van der Waals surface area contributed by atoms with Gasteiger partial charge in [0.15, 0.2) is 0 Å². The molecule has 0 bridgehead atoms. The Morgan fingerprint density at radius 3 is 2.50 bits per heavy atom. The van der Waals surface area contributed by atoms with Crippen LogP contribution < -0.4 is 10.5 Å². The van der Waals surface area contributed by atoms with Crippen LogP contribution in [0.3, 0.4) is 0 Å². The molecule has 0 aliphatic carbocycles. The SMILES string of the molecule is COCC(O)COc1ccc(N)cc1. The fourth-order valence-corrected chi connectivity index (χ4v) is 0.997. The number of hydrogen-bond acceptors (Lipinski definition) is 4. The van der Waals surface area contributed by atoms with Gasteiger partial charge in [-0.05, 0) is 24.3 Å². The van der Waals surface area contributed by atoms with E-state index in [1.165, 1.54) is 7.11 Å². The molecule has 0 aliphatic rings. The van der Waals surface area contributed by atoms with Crippen LogP contribution in [0.2, 0.25) is 0 Å². The summed E-state index contributed by atoms with van der Waals surface area (Å²) in [5.41, 5.74) is 6.20. The quantitative estimate of drug-likeness (QED) is 0.680. The molecule has 78 valence electrons. The molecule has 3 N–H and O–H groups in total. The van der Waals surface area contributed by atoms with Crippen LogP contribution >= 0.6 is 0 Å². The van der Waals surface area contributed by atoms with Gasteiger partial charge in [-0.1, -0.05) is 0 Å². The zero-order chi connectivity index (χ0) is 10.4. The van der Waals surface area contributed by atoms with E-state index in [0.717, 1.165) is 0 Å². The number of nitrogen functional groups attached to an aromatic ring is 1. The summed E-state index contributed by atoms with van der Waals surface area (Å²) < 4.78 is 10.1. The van der Waals surface area contributed by atoms with E-state index in [1.807, 2.05) is 0 Å². The monoisotopic (exact) mass is 197 g/mol. The molecule has 0 heterocycles. The summed E-state index contributed by atoms with van der Waals surface area (Å²) in [5, 5.41) is 9.29. The van der Waals surface area contributed by atoms with Crippen molar-refractivity contribution in [3.05, 3.63) is 24.3 Å². The molecular weight excluding hydrogens is 182 g/mol. The maximum absolute atomic E-state index is 9.29. The molecule has 0 aromatic heterocycles. The van der Waals surface area contributed by atoms with Gasteiger partial charge >= 0.3 is 0 Å². The zero-order valence-electron chi connectivity index (χ0n) is 8.14. The van der Waals surface area contributed by atoms with Gasteiger partial charge in [-0.2, -0.15) is 0 Å². The molecule has 4 heteroatoms.